The van der Waals surface area contributed by atoms with Crippen LogP contribution < -0.4 is 0 Å². The van der Waals surface area contributed by atoms with E-state index in [-0.39, 0.29) is 6.10 Å². The van der Waals surface area contributed by atoms with Crippen LogP contribution >= 0.6 is 11.3 Å². The summed E-state index contributed by atoms with van der Waals surface area (Å²) in [6, 6.07) is 4.13. The van der Waals surface area contributed by atoms with Crippen molar-refractivity contribution in [1.29, 1.82) is 0 Å². The van der Waals surface area contributed by atoms with E-state index in [4.69, 9.17) is 4.74 Å². The Balaban J connectivity index is 2.11. The average molecular weight is 167 g/mol. The van der Waals surface area contributed by atoms with Gasteiger partial charge in [0.2, 0.25) is 0 Å². The minimum atomic E-state index is 0.190. The number of ether oxygens (including phenoxy) is 1. The molecule has 0 aromatic carbocycles. The Morgan fingerprint density at radius 3 is 3.18 bits per heavy atom. The molecule has 0 saturated carbocycles. The van der Waals surface area contributed by atoms with Crippen LogP contribution in [0.15, 0.2) is 22.5 Å². The molecular formula is C8H9NOS. The Labute approximate surface area is 69.5 Å². The molecule has 1 atom stereocenters. The van der Waals surface area contributed by atoms with Crippen LogP contribution in [0.1, 0.15) is 17.9 Å². The molecule has 2 nitrogen and oxygen atoms in total. The van der Waals surface area contributed by atoms with E-state index in [1.54, 1.807) is 11.3 Å². The number of aliphatic imine (C=N–C) groups is 1. The second-order valence-electron chi connectivity index (χ2n) is 2.48. The molecule has 0 radical (unpaired) electrons. The Bertz CT molecular complexity index is 266. The Kier molecular flexibility index (Phi) is 1.66. The van der Waals surface area contributed by atoms with Crippen molar-refractivity contribution in [2.75, 3.05) is 6.54 Å². The minimum absolute atomic E-state index is 0.190. The van der Waals surface area contributed by atoms with Gasteiger partial charge in [0.15, 0.2) is 12.0 Å². The number of nitrogens with zero attached hydrogens (tertiary/aromatic N) is 1. The first-order valence-corrected chi connectivity index (χ1v) is 4.45. The average Bonchev–Trinajstić information content (AvgIpc) is 2.55. The van der Waals surface area contributed by atoms with Gasteiger partial charge in [0.25, 0.3) is 0 Å². The van der Waals surface area contributed by atoms with Gasteiger partial charge in [-0.25, -0.2) is 0 Å². The lowest BCUT2D eigenvalue weighted by Gasteiger charge is -2.05. The highest BCUT2D eigenvalue weighted by Crippen LogP contribution is 2.26. The second-order valence-corrected chi connectivity index (χ2v) is 3.46. The van der Waals surface area contributed by atoms with E-state index >= 15 is 0 Å². The summed E-state index contributed by atoms with van der Waals surface area (Å²) in [5.74, 6) is 0.809. The van der Waals surface area contributed by atoms with Crippen molar-refractivity contribution in [1.82, 2.24) is 0 Å². The monoisotopic (exact) mass is 167 g/mol. The molecule has 1 aromatic heterocycles. The van der Waals surface area contributed by atoms with Gasteiger partial charge in [0.1, 0.15) is 0 Å². The molecule has 0 amide bonds. The predicted molar refractivity (Wildman–Crippen MR) is 46.1 cm³/mol. The van der Waals surface area contributed by atoms with Gasteiger partial charge in [-0.1, -0.05) is 6.07 Å². The first kappa shape index (κ1) is 6.85. The van der Waals surface area contributed by atoms with E-state index in [0.717, 1.165) is 12.4 Å². The van der Waals surface area contributed by atoms with Gasteiger partial charge in [0.05, 0.1) is 6.54 Å². The minimum Gasteiger partial charge on any atom is -0.470 e. The fourth-order valence-electron chi connectivity index (χ4n) is 1.11. The molecule has 11 heavy (non-hydrogen) atoms. The number of hydrogen-bond donors (Lipinski definition) is 0. The van der Waals surface area contributed by atoms with Crippen LogP contribution in [-0.2, 0) is 4.74 Å². The predicted octanol–water partition coefficient (Wildman–Crippen LogP) is 2.24. The SMILES string of the molecule is CC1=NCC(c2cccs2)O1. The lowest BCUT2D eigenvalue weighted by molar-refractivity contribution is 0.232. The maximum Gasteiger partial charge on any atom is 0.181 e. The van der Waals surface area contributed by atoms with Crippen molar-refractivity contribution in [2.45, 2.75) is 13.0 Å². The highest BCUT2D eigenvalue weighted by Gasteiger charge is 2.19. The fraction of sp³-hybridized carbons (Fsp3) is 0.375. The maximum absolute atomic E-state index is 5.47. The molecule has 0 spiro atoms. The van der Waals surface area contributed by atoms with Crippen LogP contribution in [0.4, 0.5) is 0 Å². The number of thiophene rings is 1. The Morgan fingerprint density at radius 1 is 1.73 bits per heavy atom. The molecule has 1 aliphatic heterocycles. The number of hydrogen-bond acceptors (Lipinski definition) is 3. The molecule has 2 rings (SSSR count). The van der Waals surface area contributed by atoms with Crippen molar-refractivity contribution in [3.8, 4) is 0 Å². The third kappa shape index (κ3) is 1.28. The van der Waals surface area contributed by atoms with E-state index in [2.05, 4.69) is 16.4 Å². The van der Waals surface area contributed by atoms with Crippen molar-refractivity contribution in [3.63, 3.8) is 0 Å². The molecular weight excluding hydrogens is 158 g/mol. The van der Waals surface area contributed by atoms with Gasteiger partial charge >= 0.3 is 0 Å². The molecule has 0 aliphatic carbocycles. The highest BCUT2D eigenvalue weighted by molar-refractivity contribution is 7.10. The van der Waals surface area contributed by atoms with Crippen LogP contribution in [0.25, 0.3) is 0 Å². The van der Waals surface area contributed by atoms with Gasteiger partial charge in [-0.2, -0.15) is 0 Å². The Morgan fingerprint density at radius 2 is 2.64 bits per heavy atom. The van der Waals surface area contributed by atoms with Crippen LogP contribution in [-0.4, -0.2) is 12.4 Å². The van der Waals surface area contributed by atoms with Gasteiger partial charge < -0.3 is 4.74 Å². The van der Waals surface area contributed by atoms with E-state index in [0.29, 0.717) is 0 Å². The lowest BCUT2D eigenvalue weighted by atomic mass is 10.3. The standard InChI is InChI=1S/C8H9NOS/c1-6-9-5-7(10-6)8-3-2-4-11-8/h2-4,7H,5H2,1H3. The maximum atomic E-state index is 5.47. The molecule has 1 aromatic rings. The van der Waals surface area contributed by atoms with Crippen molar-refractivity contribution < 1.29 is 4.74 Å². The Hall–Kier alpha value is -0.830. The van der Waals surface area contributed by atoms with Crippen LogP contribution in [0.3, 0.4) is 0 Å². The molecule has 0 saturated heterocycles. The summed E-state index contributed by atoms with van der Waals surface area (Å²) >= 11 is 1.72. The molecule has 0 N–H and O–H groups in total. The van der Waals surface area contributed by atoms with Crippen molar-refractivity contribution in [2.24, 2.45) is 4.99 Å². The summed E-state index contributed by atoms with van der Waals surface area (Å²) in [5.41, 5.74) is 0. The first-order valence-electron chi connectivity index (χ1n) is 3.57. The van der Waals surface area contributed by atoms with Crippen molar-refractivity contribution >= 4 is 17.2 Å². The largest absolute Gasteiger partial charge is 0.470 e. The van der Waals surface area contributed by atoms with Crippen molar-refractivity contribution in [3.05, 3.63) is 22.4 Å². The van der Waals surface area contributed by atoms with Gasteiger partial charge in [-0.05, 0) is 11.4 Å². The van der Waals surface area contributed by atoms with Crippen LogP contribution in [0.5, 0.6) is 0 Å². The normalized spacial score (nSPS) is 23.0. The summed E-state index contributed by atoms with van der Waals surface area (Å²) in [6.07, 6.45) is 0.190. The van der Waals surface area contributed by atoms with Gasteiger partial charge in [0, 0.05) is 11.8 Å². The summed E-state index contributed by atoms with van der Waals surface area (Å²) in [5, 5.41) is 2.06. The van der Waals surface area contributed by atoms with E-state index in [1.807, 2.05) is 13.0 Å². The zero-order valence-corrected chi connectivity index (χ0v) is 7.10. The highest BCUT2D eigenvalue weighted by atomic mass is 32.1. The third-order valence-corrected chi connectivity index (χ3v) is 2.62. The molecule has 1 unspecified atom stereocenters. The smallest absolute Gasteiger partial charge is 0.181 e. The molecule has 2 heterocycles. The van der Waals surface area contributed by atoms with E-state index < -0.39 is 0 Å². The third-order valence-electron chi connectivity index (χ3n) is 1.65. The summed E-state index contributed by atoms with van der Waals surface area (Å²) in [4.78, 5) is 5.44. The molecule has 58 valence electrons. The summed E-state index contributed by atoms with van der Waals surface area (Å²) < 4.78 is 5.47. The molecule has 1 aliphatic rings. The van der Waals surface area contributed by atoms with E-state index in [1.165, 1.54) is 4.88 Å². The van der Waals surface area contributed by atoms with Crippen LogP contribution in [0, 0.1) is 0 Å². The van der Waals surface area contributed by atoms with Gasteiger partial charge in [-0.15, -0.1) is 11.3 Å². The molecule has 3 heteroatoms. The first-order chi connectivity index (χ1) is 5.36. The summed E-state index contributed by atoms with van der Waals surface area (Å²) in [6.45, 7) is 2.68. The van der Waals surface area contributed by atoms with Gasteiger partial charge in [-0.3, -0.25) is 4.99 Å². The summed E-state index contributed by atoms with van der Waals surface area (Å²) in [7, 11) is 0. The van der Waals surface area contributed by atoms with Crippen LogP contribution in [0.2, 0.25) is 0 Å². The zero-order chi connectivity index (χ0) is 7.68. The second kappa shape index (κ2) is 2.66. The topological polar surface area (TPSA) is 21.6 Å². The number of rotatable bonds is 1. The zero-order valence-electron chi connectivity index (χ0n) is 6.28. The quantitative estimate of drug-likeness (QED) is 0.628. The molecule has 0 fully saturated rings. The lowest BCUT2D eigenvalue weighted by Crippen LogP contribution is -1.99. The fourth-order valence-corrected chi connectivity index (χ4v) is 1.86. The van der Waals surface area contributed by atoms with E-state index in [9.17, 15) is 0 Å². The molecule has 0 bridgehead atoms.